The molecule has 1 saturated heterocycles. The first kappa shape index (κ1) is 13.4. The molecule has 3 aromatic rings. The number of anilines is 1. The molecule has 1 aliphatic carbocycles. The summed E-state index contributed by atoms with van der Waals surface area (Å²) in [5.41, 5.74) is 5.41. The van der Waals surface area contributed by atoms with Crippen molar-refractivity contribution in [1.82, 2.24) is 4.98 Å². The Hall–Kier alpha value is -2.03. The fourth-order valence-corrected chi connectivity index (χ4v) is 4.85. The molecule has 3 unspecified atom stereocenters. The van der Waals surface area contributed by atoms with Crippen LogP contribution in [0.3, 0.4) is 0 Å². The maximum atomic E-state index is 6.26. The van der Waals surface area contributed by atoms with Crippen LogP contribution in [0.2, 0.25) is 0 Å². The third-order valence-electron chi connectivity index (χ3n) is 6.04. The van der Waals surface area contributed by atoms with Crippen molar-refractivity contribution in [3.8, 4) is 0 Å². The Morgan fingerprint density at radius 1 is 1.09 bits per heavy atom. The summed E-state index contributed by atoms with van der Waals surface area (Å²) in [5.74, 6) is 0.847. The second kappa shape index (κ2) is 4.50. The number of aryl methyl sites for hydroxylation is 2. The molecule has 1 aliphatic heterocycles. The van der Waals surface area contributed by atoms with E-state index in [0.717, 1.165) is 28.3 Å². The molecule has 3 heteroatoms. The van der Waals surface area contributed by atoms with Crippen molar-refractivity contribution >= 4 is 27.8 Å². The lowest BCUT2D eigenvalue weighted by Crippen LogP contribution is -2.39. The highest BCUT2D eigenvalue weighted by Gasteiger charge is 2.44. The molecule has 3 atom stereocenters. The van der Waals surface area contributed by atoms with E-state index in [9.17, 15) is 0 Å². The summed E-state index contributed by atoms with van der Waals surface area (Å²) in [6.07, 6.45) is 4.05. The van der Waals surface area contributed by atoms with Crippen LogP contribution >= 0.6 is 0 Å². The quantitative estimate of drug-likeness (QED) is 0.635. The Morgan fingerprint density at radius 2 is 1.91 bits per heavy atom. The molecule has 2 aliphatic rings. The molecule has 3 heterocycles. The normalized spacial score (nSPS) is 26.7. The molecule has 118 valence electrons. The molecule has 0 spiro atoms. The molecule has 0 amide bonds. The zero-order valence-electron chi connectivity index (χ0n) is 14.0. The molecule has 5 rings (SSSR count). The number of hydrogen-bond acceptors (Lipinski definition) is 3. The molecule has 1 aromatic carbocycles. The van der Waals surface area contributed by atoms with Crippen molar-refractivity contribution < 1.29 is 4.42 Å². The van der Waals surface area contributed by atoms with Gasteiger partial charge in [-0.2, -0.15) is 0 Å². The summed E-state index contributed by atoms with van der Waals surface area (Å²) < 4.78 is 6.26. The highest BCUT2D eigenvalue weighted by molar-refractivity contribution is 6.08. The van der Waals surface area contributed by atoms with Gasteiger partial charge in [0.05, 0.1) is 5.69 Å². The van der Waals surface area contributed by atoms with Gasteiger partial charge in [0.1, 0.15) is 0 Å². The van der Waals surface area contributed by atoms with E-state index >= 15 is 0 Å². The first-order valence-electron chi connectivity index (χ1n) is 8.71. The highest BCUT2D eigenvalue weighted by Crippen LogP contribution is 2.48. The highest BCUT2D eigenvalue weighted by atomic mass is 16.3. The maximum Gasteiger partial charge on any atom is 0.227 e. The molecule has 0 radical (unpaired) electrons. The van der Waals surface area contributed by atoms with E-state index in [1.54, 1.807) is 0 Å². The van der Waals surface area contributed by atoms with Crippen LogP contribution in [0.1, 0.15) is 37.4 Å². The van der Waals surface area contributed by atoms with Crippen LogP contribution in [0.25, 0.3) is 22.1 Å². The number of pyridine rings is 1. The second-order valence-electron chi connectivity index (χ2n) is 7.39. The van der Waals surface area contributed by atoms with Gasteiger partial charge in [-0.25, -0.2) is 4.98 Å². The standard InChI is InChI=1S/C20H22N2O/c1-11-4-8-16-17-9-5-12(2)21-20(17)23-19(16)18(11)22-13(3)14-6-7-15(22)10-14/h4-5,8-9,13-15H,6-7,10H2,1-3H3. The summed E-state index contributed by atoms with van der Waals surface area (Å²) in [6, 6.07) is 9.93. The molecule has 23 heavy (non-hydrogen) atoms. The van der Waals surface area contributed by atoms with E-state index in [1.165, 1.54) is 35.9 Å². The lowest BCUT2D eigenvalue weighted by Gasteiger charge is -2.36. The predicted molar refractivity (Wildman–Crippen MR) is 94.1 cm³/mol. The number of hydrogen-bond donors (Lipinski definition) is 0. The summed E-state index contributed by atoms with van der Waals surface area (Å²) in [6.45, 7) is 6.60. The predicted octanol–water partition coefficient (Wildman–Crippen LogP) is 4.98. The van der Waals surface area contributed by atoms with Gasteiger partial charge in [0.2, 0.25) is 5.71 Å². The Balaban J connectivity index is 1.80. The molecule has 2 fully saturated rings. The lowest BCUT2D eigenvalue weighted by molar-refractivity contribution is 0.453. The molecule has 2 bridgehead atoms. The average Bonchev–Trinajstić information content (AvgIpc) is 3.20. The Kier molecular flexibility index (Phi) is 2.62. The molecule has 3 nitrogen and oxygen atoms in total. The number of furan rings is 1. The van der Waals surface area contributed by atoms with Crippen molar-refractivity contribution in [3.05, 3.63) is 35.5 Å². The molecule has 0 N–H and O–H groups in total. The number of benzene rings is 1. The van der Waals surface area contributed by atoms with Crippen LogP contribution < -0.4 is 4.90 Å². The fraction of sp³-hybridized carbons (Fsp3) is 0.450. The minimum Gasteiger partial charge on any atom is -0.436 e. The van der Waals surface area contributed by atoms with E-state index in [-0.39, 0.29) is 0 Å². The van der Waals surface area contributed by atoms with Gasteiger partial charge in [0.25, 0.3) is 0 Å². The Labute approximate surface area is 136 Å². The Bertz CT molecular complexity index is 924. The van der Waals surface area contributed by atoms with E-state index in [1.807, 2.05) is 6.92 Å². The van der Waals surface area contributed by atoms with Crippen molar-refractivity contribution in [2.24, 2.45) is 5.92 Å². The van der Waals surface area contributed by atoms with Gasteiger partial charge in [-0.1, -0.05) is 12.1 Å². The van der Waals surface area contributed by atoms with Gasteiger partial charge in [-0.05, 0) is 63.6 Å². The third-order valence-corrected chi connectivity index (χ3v) is 6.04. The summed E-state index contributed by atoms with van der Waals surface area (Å²) in [5, 5.41) is 2.33. The van der Waals surface area contributed by atoms with Gasteiger partial charge >= 0.3 is 0 Å². The summed E-state index contributed by atoms with van der Waals surface area (Å²) in [4.78, 5) is 7.23. The van der Waals surface area contributed by atoms with Crippen LogP contribution in [0.5, 0.6) is 0 Å². The second-order valence-corrected chi connectivity index (χ2v) is 7.39. The van der Waals surface area contributed by atoms with Gasteiger partial charge in [0, 0.05) is 28.6 Å². The van der Waals surface area contributed by atoms with E-state index < -0.39 is 0 Å². The SMILES string of the molecule is Cc1ccc2c(n1)oc1c(N3C4CCC(C4)C3C)c(C)ccc12. The molecule has 2 aromatic heterocycles. The number of aromatic nitrogens is 1. The smallest absolute Gasteiger partial charge is 0.227 e. The first-order valence-corrected chi connectivity index (χ1v) is 8.71. The monoisotopic (exact) mass is 306 g/mol. The van der Waals surface area contributed by atoms with Gasteiger partial charge < -0.3 is 9.32 Å². The summed E-state index contributed by atoms with van der Waals surface area (Å²) in [7, 11) is 0. The lowest BCUT2D eigenvalue weighted by atomic mass is 9.98. The van der Waals surface area contributed by atoms with Crippen LogP contribution in [-0.4, -0.2) is 17.1 Å². The van der Waals surface area contributed by atoms with Crippen LogP contribution in [-0.2, 0) is 0 Å². The minimum absolute atomic E-state index is 0.612. The largest absolute Gasteiger partial charge is 0.436 e. The van der Waals surface area contributed by atoms with Gasteiger partial charge in [-0.15, -0.1) is 0 Å². The number of fused-ring (bicyclic) bond motifs is 5. The number of nitrogens with zero attached hydrogens (tertiary/aromatic N) is 2. The van der Waals surface area contributed by atoms with Gasteiger partial charge in [0.15, 0.2) is 5.58 Å². The van der Waals surface area contributed by atoms with E-state index in [0.29, 0.717) is 12.1 Å². The average molecular weight is 306 g/mol. The zero-order chi connectivity index (χ0) is 15.7. The maximum absolute atomic E-state index is 6.26. The molecular formula is C20H22N2O. The van der Waals surface area contributed by atoms with E-state index in [4.69, 9.17) is 4.42 Å². The van der Waals surface area contributed by atoms with E-state index in [2.05, 4.69) is 48.0 Å². The van der Waals surface area contributed by atoms with Crippen LogP contribution in [0, 0.1) is 19.8 Å². The fourth-order valence-electron chi connectivity index (χ4n) is 4.85. The summed E-state index contributed by atoms with van der Waals surface area (Å²) >= 11 is 0. The topological polar surface area (TPSA) is 29.3 Å². The van der Waals surface area contributed by atoms with Crippen molar-refractivity contribution in [2.75, 3.05) is 4.90 Å². The Morgan fingerprint density at radius 3 is 2.70 bits per heavy atom. The minimum atomic E-state index is 0.612. The van der Waals surface area contributed by atoms with Crippen molar-refractivity contribution in [1.29, 1.82) is 0 Å². The molecular weight excluding hydrogens is 284 g/mol. The molecule has 1 saturated carbocycles. The van der Waals surface area contributed by atoms with Crippen molar-refractivity contribution in [2.45, 2.75) is 52.1 Å². The third kappa shape index (κ3) is 1.73. The van der Waals surface area contributed by atoms with Crippen molar-refractivity contribution in [3.63, 3.8) is 0 Å². The first-order chi connectivity index (χ1) is 11.1. The number of piperidine rings is 1. The zero-order valence-corrected chi connectivity index (χ0v) is 14.0. The van der Waals surface area contributed by atoms with Crippen LogP contribution in [0.15, 0.2) is 28.7 Å². The van der Waals surface area contributed by atoms with Gasteiger partial charge in [-0.3, -0.25) is 0 Å². The number of rotatable bonds is 1. The van der Waals surface area contributed by atoms with Crippen LogP contribution in [0.4, 0.5) is 5.69 Å².